The number of nitrogens with one attached hydrogen (secondary N) is 1. The van der Waals surface area contributed by atoms with Crippen LogP contribution < -0.4 is 15.0 Å². The van der Waals surface area contributed by atoms with Crippen LogP contribution in [0.5, 0.6) is 5.75 Å². The van der Waals surface area contributed by atoms with Crippen LogP contribution in [0.15, 0.2) is 48.5 Å². The van der Waals surface area contributed by atoms with Crippen LogP contribution >= 0.6 is 11.6 Å². The molecule has 1 atom stereocenters. The molecule has 15 heteroatoms. The van der Waals surface area contributed by atoms with Gasteiger partial charge in [0, 0.05) is 75.6 Å². The van der Waals surface area contributed by atoms with E-state index in [4.69, 9.17) is 21.6 Å². The third-order valence-corrected chi connectivity index (χ3v) is 12.9. The summed E-state index contributed by atoms with van der Waals surface area (Å²) >= 11 is 6.19. The maximum atomic E-state index is 13.6. The second-order valence-corrected chi connectivity index (χ2v) is 16.4. The number of fused-ring (bicyclic) bond motifs is 3. The predicted octanol–water partition coefficient (Wildman–Crippen LogP) is 3.67. The van der Waals surface area contributed by atoms with Crippen molar-refractivity contribution in [2.75, 3.05) is 44.2 Å². The number of piperazine rings is 1. The van der Waals surface area contributed by atoms with Crippen molar-refractivity contribution in [1.82, 2.24) is 24.9 Å². The van der Waals surface area contributed by atoms with Gasteiger partial charge in [0.25, 0.3) is 17.7 Å². The Morgan fingerprint density at radius 3 is 2.22 bits per heavy atom. The van der Waals surface area contributed by atoms with Crippen LogP contribution in [-0.4, -0.2) is 112 Å². The average Bonchev–Trinajstić information content (AvgIpc) is 3.68. The highest BCUT2D eigenvalue weighted by molar-refractivity contribution is 6.31. The number of benzene rings is 3. The molecule has 5 heterocycles. The van der Waals surface area contributed by atoms with Crippen LogP contribution in [-0.2, 0) is 33.9 Å². The van der Waals surface area contributed by atoms with Gasteiger partial charge in [0.2, 0.25) is 17.7 Å². The molecule has 0 radical (unpaired) electrons. The third-order valence-electron chi connectivity index (χ3n) is 12.6. The lowest BCUT2D eigenvalue weighted by atomic mass is 9.92. The zero-order chi connectivity index (χ0) is 40.2. The van der Waals surface area contributed by atoms with Crippen molar-refractivity contribution < 1.29 is 33.5 Å². The van der Waals surface area contributed by atoms with Gasteiger partial charge in [-0.05, 0) is 97.7 Å². The van der Waals surface area contributed by atoms with Gasteiger partial charge in [0.05, 0.1) is 34.4 Å². The Bertz CT molecular complexity index is 2310. The summed E-state index contributed by atoms with van der Waals surface area (Å²) in [7, 11) is 0. The van der Waals surface area contributed by atoms with Crippen LogP contribution in [0.1, 0.15) is 91.9 Å². The minimum atomic E-state index is -1.02. The number of amides is 6. The smallest absolute Gasteiger partial charge is 0.262 e. The number of ether oxygens (including phenoxy) is 1. The Labute approximate surface area is 340 Å². The number of halogens is 1. The Hall–Kier alpha value is -5.78. The van der Waals surface area contributed by atoms with Crippen LogP contribution in [0.25, 0.3) is 0 Å². The highest BCUT2D eigenvalue weighted by atomic mass is 35.5. The van der Waals surface area contributed by atoms with Crippen molar-refractivity contribution in [1.29, 1.82) is 5.26 Å². The van der Waals surface area contributed by atoms with Gasteiger partial charge in [-0.3, -0.25) is 43.9 Å². The molecule has 3 aromatic carbocycles. The second-order valence-electron chi connectivity index (χ2n) is 16.0. The fraction of sp³-hybridized carbons (Fsp3) is 0.419. The molecular formula is C43H42ClN7O7. The number of carbonyl (C=O) groups is 6. The predicted molar refractivity (Wildman–Crippen MR) is 210 cm³/mol. The Morgan fingerprint density at radius 1 is 0.776 bits per heavy atom. The van der Waals surface area contributed by atoms with Crippen molar-refractivity contribution in [3.05, 3.63) is 92.5 Å². The highest BCUT2D eigenvalue weighted by Gasteiger charge is 2.45. The summed E-state index contributed by atoms with van der Waals surface area (Å²) in [6, 6.07) is 15.8. The van der Waals surface area contributed by atoms with E-state index in [1.165, 1.54) is 0 Å². The maximum Gasteiger partial charge on any atom is 0.262 e. The largest absolute Gasteiger partial charge is 0.490 e. The van der Waals surface area contributed by atoms with E-state index in [0.717, 1.165) is 71.6 Å². The van der Waals surface area contributed by atoms with Gasteiger partial charge in [-0.15, -0.1) is 0 Å². The molecule has 1 saturated carbocycles. The summed E-state index contributed by atoms with van der Waals surface area (Å²) in [5.41, 5.74) is 5.49. The average molecular weight is 804 g/mol. The van der Waals surface area contributed by atoms with E-state index >= 15 is 0 Å². The zero-order valence-corrected chi connectivity index (χ0v) is 32.6. The monoisotopic (exact) mass is 803 g/mol. The molecule has 14 nitrogen and oxygen atoms in total. The number of rotatable bonds is 7. The van der Waals surface area contributed by atoms with Gasteiger partial charge < -0.3 is 19.4 Å². The van der Waals surface area contributed by atoms with Crippen molar-refractivity contribution in [3.63, 3.8) is 0 Å². The summed E-state index contributed by atoms with van der Waals surface area (Å²) in [6.07, 6.45) is 4.07. The van der Waals surface area contributed by atoms with E-state index in [0.29, 0.717) is 55.5 Å². The van der Waals surface area contributed by atoms with Crippen LogP contribution in [0, 0.1) is 11.3 Å². The highest BCUT2D eigenvalue weighted by Crippen LogP contribution is 2.36. The van der Waals surface area contributed by atoms with Crippen LogP contribution in [0.3, 0.4) is 0 Å². The molecule has 3 fully saturated rings. The number of piperidine rings is 1. The van der Waals surface area contributed by atoms with E-state index in [2.05, 4.69) is 27.3 Å². The molecule has 0 aromatic heterocycles. The first-order valence-corrected chi connectivity index (χ1v) is 20.3. The van der Waals surface area contributed by atoms with Gasteiger partial charge in [0.15, 0.2) is 0 Å². The molecule has 6 aliphatic rings. The number of imide groups is 2. The quantitative estimate of drug-likeness (QED) is 0.349. The first-order valence-electron chi connectivity index (χ1n) is 20.0. The lowest BCUT2D eigenvalue weighted by molar-refractivity contribution is -0.136. The van der Waals surface area contributed by atoms with Gasteiger partial charge >= 0.3 is 0 Å². The van der Waals surface area contributed by atoms with Crippen molar-refractivity contribution in [2.24, 2.45) is 0 Å². The van der Waals surface area contributed by atoms with Gasteiger partial charge in [0.1, 0.15) is 17.9 Å². The SMILES string of the molecule is N#Cc1ccc(OC2CCC(N3Cc4cc(N5CCN(CC(=O)N6CCc7cc8c(cc7C6)C(=O)N(C6CCC(=O)NC6=O)C8=O)CC5)ccc4C3=O)CC2)cc1Cl. The van der Waals surface area contributed by atoms with Crippen molar-refractivity contribution >= 4 is 52.7 Å². The van der Waals surface area contributed by atoms with Gasteiger partial charge in [-0.25, -0.2) is 0 Å². The third kappa shape index (κ3) is 6.96. The first kappa shape index (κ1) is 37.8. The number of anilines is 1. The lowest BCUT2D eigenvalue weighted by Gasteiger charge is -2.37. The van der Waals surface area contributed by atoms with Crippen LogP contribution in [0.2, 0.25) is 5.02 Å². The summed E-state index contributed by atoms with van der Waals surface area (Å²) in [4.78, 5) is 87.1. The van der Waals surface area contributed by atoms with E-state index < -0.39 is 29.7 Å². The van der Waals surface area contributed by atoms with E-state index in [-0.39, 0.29) is 54.5 Å². The fourth-order valence-electron chi connectivity index (χ4n) is 9.34. The molecular weight excluding hydrogens is 762 g/mol. The number of hydrogen-bond acceptors (Lipinski definition) is 10. The summed E-state index contributed by atoms with van der Waals surface area (Å²) in [5, 5.41) is 11.7. The maximum absolute atomic E-state index is 13.6. The number of carbonyl (C=O) groups excluding carboxylic acids is 6. The Morgan fingerprint density at radius 2 is 1.52 bits per heavy atom. The van der Waals surface area contributed by atoms with Crippen molar-refractivity contribution in [3.8, 4) is 11.8 Å². The number of hydrogen-bond donors (Lipinski definition) is 1. The summed E-state index contributed by atoms with van der Waals surface area (Å²) in [6.45, 7) is 4.59. The molecule has 1 unspecified atom stereocenters. The molecule has 5 aliphatic heterocycles. The zero-order valence-electron chi connectivity index (χ0n) is 31.9. The minimum absolute atomic E-state index is 0.00237. The van der Waals surface area contributed by atoms with E-state index in [9.17, 15) is 28.8 Å². The normalized spacial score (nSPS) is 23.4. The van der Waals surface area contributed by atoms with E-state index in [1.54, 1.807) is 35.2 Å². The molecule has 1 aliphatic carbocycles. The molecule has 3 aromatic rings. The number of nitriles is 1. The summed E-state index contributed by atoms with van der Waals surface area (Å²) < 4.78 is 6.17. The van der Waals surface area contributed by atoms with Crippen molar-refractivity contribution in [2.45, 2.75) is 76.2 Å². The lowest BCUT2D eigenvalue weighted by Crippen LogP contribution is -2.54. The summed E-state index contributed by atoms with van der Waals surface area (Å²) in [5.74, 6) is -1.42. The van der Waals surface area contributed by atoms with E-state index in [1.807, 2.05) is 17.0 Å². The molecule has 2 saturated heterocycles. The molecule has 0 spiro atoms. The Kier molecular flexibility index (Phi) is 9.89. The van der Waals surface area contributed by atoms with Gasteiger partial charge in [-0.1, -0.05) is 11.6 Å². The molecule has 0 bridgehead atoms. The first-order chi connectivity index (χ1) is 28.0. The second kappa shape index (κ2) is 15.2. The van der Waals surface area contributed by atoms with Crippen LogP contribution in [0.4, 0.5) is 5.69 Å². The topological polar surface area (TPSA) is 164 Å². The minimum Gasteiger partial charge on any atom is -0.490 e. The fourth-order valence-corrected chi connectivity index (χ4v) is 9.56. The molecule has 6 amide bonds. The molecule has 298 valence electrons. The Balaban J connectivity index is 0.759. The molecule has 9 rings (SSSR count). The standard InChI is InChI=1S/C43H42ClN7O7/c44-36-20-32(5-1-26(36)21-45)58-31-6-2-29(3-7-31)50-23-28-17-30(4-8-33(28)41(50)55)48-15-13-47(14-16-48)24-39(53)49-12-11-25-18-34-35(19-27(25)22-49)43(57)51(42(34)56)37-9-10-38(52)46-40(37)54/h1,4-5,8,17-20,29,31,37H,2-3,6-7,9-16,22-24H2,(H,46,52,54). The number of nitrogens with zero attached hydrogens (tertiary/aromatic N) is 6. The molecule has 1 N–H and O–H groups in total. The van der Waals surface area contributed by atoms with Gasteiger partial charge in [-0.2, -0.15) is 5.26 Å². The molecule has 58 heavy (non-hydrogen) atoms.